The minimum atomic E-state index is 0.119. The molecule has 0 aliphatic heterocycles. The Morgan fingerprint density at radius 2 is 0.927 bits per heavy atom. The number of allylic oxidation sites excluding steroid dienone is 7. The second-order valence-corrected chi connectivity index (χ2v) is 14.8. The number of hydrogen-bond acceptors (Lipinski definition) is 2. The Balaban J connectivity index is 1.34. The molecule has 0 saturated carbocycles. The van der Waals surface area contributed by atoms with Crippen molar-refractivity contribution in [3.05, 3.63) is 228 Å². The predicted octanol–water partition coefficient (Wildman–Crippen LogP) is 12.1. The lowest BCUT2D eigenvalue weighted by Gasteiger charge is -2.42. The first-order valence-electron chi connectivity index (χ1n) is 19.5. The topological polar surface area (TPSA) is 6.48 Å². The molecule has 0 heterocycles. The van der Waals surface area contributed by atoms with Crippen LogP contribution in [-0.4, -0.2) is 0 Å². The Morgan fingerprint density at radius 3 is 1.49 bits per heavy atom. The van der Waals surface area contributed by atoms with Crippen molar-refractivity contribution in [1.29, 1.82) is 0 Å². The van der Waals surface area contributed by atoms with Gasteiger partial charge < -0.3 is 9.80 Å². The van der Waals surface area contributed by atoms with E-state index in [0.717, 1.165) is 17.8 Å². The van der Waals surface area contributed by atoms with Gasteiger partial charge in [-0.05, 0) is 76.0 Å². The average molecular weight is 707 g/mol. The number of anilines is 4. The van der Waals surface area contributed by atoms with Crippen molar-refractivity contribution in [2.45, 2.75) is 13.3 Å². The fraction of sp³-hybridized carbons (Fsp3) is 0.0943. The summed E-state index contributed by atoms with van der Waals surface area (Å²) in [4.78, 5) is 5.03. The molecule has 3 unspecified atom stereocenters. The molecule has 2 nitrogen and oxygen atoms in total. The normalized spacial score (nSPS) is 18.6. The Hall–Kier alpha value is -6.64. The summed E-state index contributed by atoms with van der Waals surface area (Å²) in [5.74, 6) is 0.624. The maximum Gasteiger partial charge on any atom is 0.0618 e. The van der Waals surface area contributed by atoms with E-state index in [1.165, 1.54) is 65.9 Å². The van der Waals surface area contributed by atoms with E-state index in [-0.39, 0.29) is 11.8 Å². The molecule has 10 rings (SSSR count). The van der Waals surface area contributed by atoms with E-state index in [9.17, 15) is 0 Å². The van der Waals surface area contributed by atoms with E-state index in [1.54, 1.807) is 0 Å². The molecular formula is C53H42N2. The monoisotopic (exact) mass is 706 g/mol. The van der Waals surface area contributed by atoms with Crippen LogP contribution < -0.4 is 20.2 Å². The third-order valence-corrected chi connectivity index (χ3v) is 11.6. The van der Waals surface area contributed by atoms with Gasteiger partial charge in [0.15, 0.2) is 0 Å². The van der Waals surface area contributed by atoms with Gasteiger partial charge in [0.2, 0.25) is 0 Å². The highest BCUT2D eigenvalue weighted by molar-refractivity contribution is 6.20. The number of para-hydroxylation sites is 3. The third-order valence-electron chi connectivity index (χ3n) is 11.6. The van der Waals surface area contributed by atoms with Crippen molar-refractivity contribution < 1.29 is 0 Å². The highest BCUT2D eigenvalue weighted by Crippen LogP contribution is 2.50. The Kier molecular flexibility index (Phi) is 8.37. The van der Waals surface area contributed by atoms with Crippen LogP contribution in [0.4, 0.5) is 22.7 Å². The van der Waals surface area contributed by atoms with Gasteiger partial charge in [-0.3, -0.25) is 0 Å². The van der Waals surface area contributed by atoms with Gasteiger partial charge in [-0.2, -0.15) is 0 Å². The fourth-order valence-electron chi connectivity index (χ4n) is 9.25. The van der Waals surface area contributed by atoms with Gasteiger partial charge in [-0.15, -0.1) is 0 Å². The van der Waals surface area contributed by atoms with Gasteiger partial charge in [-0.25, -0.2) is 0 Å². The highest BCUT2D eigenvalue weighted by Gasteiger charge is 2.37. The maximum absolute atomic E-state index is 2.59. The highest BCUT2D eigenvalue weighted by atomic mass is 15.2. The molecule has 7 aromatic carbocycles. The Morgan fingerprint density at radius 1 is 0.455 bits per heavy atom. The van der Waals surface area contributed by atoms with Crippen LogP contribution in [0.1, 0.15) is 18.9 Å². The number of rotatable bonds is 7. The number of hydrogen-bond donors (Lipinski definition) is 0. The predicted molar refractivity (Wildman–Crippen MR) is 233 cm³/mol. The molecule has 0 amide bonds. The maximum atomic E-state index is 2.59. The minimum absolute atomic E-state index is 0.119. The molecule has 3 atom stereocenters. The van der Waals surface area contributed by atoms with Crippen LogP contribution >= 0.6 is 0 Å². The first-order valence-corrected chi connectivity index (χ1v) is 19.5. The van der Waals surface area contributed by atoms with Gasteiger partial charge in [0.1, 0.15) is 0 Å². The molecule has 55 heavy (non-hydrogen) atoms. The first kappa shape index (κ1) is 33.0. The van der Waals surface area contributed by atoms with E-state index in [2.05, 4.69) is 223 Å². The summed E-state index contributed by atoms with van der Waals surface area (Å²) in [6.07, 6.45) is 17.3. The van der Waals surface area contributed by atoms with Crippen LogP contribution in [0.5, 0.6) is 0 Å². The summed E-state index contributed by atoms with van der Waals surface area (Å²) in [7, 11) is 0. The summed E-state index contributed by atoms with van der Waals surface area (Å²) in [6.45, 7) is 2.36. The lowest BCUT2D eigenvalue weighted by Crippen LogP contribution is -2.46. The quantitative estimate of drug-likeness (QED) is 0.152. The van der Waals surface area contributed by atoms with Crippen LogP contribution in [-0.2, 0) is 0 Å². The molecule has 0 bridgehead atoms. The smallest absolute Gasteiger partial charge is 0.0618 e. The van der Waals surface area contributed by atoms with Crippen molar-refractivity contribution in [3.8, 4) is 0 Å². The summed E-state index contributed by atoms with van der Waals surface area (Å²) in [5, 5.41) is 7.57. The molecule has 0 fully saturated rings. The van der Waals surface area contributed by atoms with Gasteiger partial charge in [0, 0.05) is 62.2 Å². The lowest BCUT2D eigenvalue weighted by molar-refractivity contribution is 0.634. The SMILES string of the molecule is CC1CC=CC=C1N(C1=c2ccccc2=C(c2c3ccccc3c(N(c3ccccc3)c3ccccc3)c3ccccc23)C2C=CC=CC12)c1ccccc1. The lowest BCUT2D eigenvalue weighted by atomic mass is 9.71. The molecule has 0 aromatic heterocycles. The molecule has 3 aliphatic carbocycles. The molecule has 0 saturated heterocycles. The summed E-state index contributed by atoms with van der Waals surface area (Å²) < 4.78 is 0. The average Bonchev–Trinajstić information content (AvgIpc) is 3.25. The van der Waals surface area contributed by atoms with Gasteiger partial charge in [0.25, 0.3) is 0 Å². The largest absolute Gasteiger partial charge is 0.316 e. The van der Waals surface area contributed by atoms with E-state index < -0.39 is 0 Å². The van der Waals surface area contributed by atoms with Crippen molar-refractivity contribution in [2.75, 3.05) is 9.80 Å². The standard InChI is InChI=1S/C53H42N2/c1-37-21-11-20-36-49(37)55(40-26-9-4-10-27-40)53-47-34-18-14-30-43(47)51(44-31-15-19-35-48(44)53)50-41-28-12-16-32-45(41)52(46-33-17-13-29-42(46)50)54(38-22-5-2-6-23-38)39-24-7-3-8-25-39/h2-20,22-37,43,47H,21H2,1H3. The van der Waals surface area contributed by atoms with Crippen LogP contribution in [0.2, 0.25) is 0 Å². The number of benzene rings is 7. The zero-order valence-corrected chi connectivity index (χ0v) is 31.0. The van der Waals surface area contributed by atoms with Crippen molar-refractivity contribution in [3.63, 3.8) is 0 Å². The van der Waals surface area contributed by atoms with E-state index in [0.29, 0.717) is 5.92 Å². The van der Waals surface area contributed by atoms with Crippen LogP contribution in [0.15, 0.2) is 212 Å². The Labute approximate surface area is 323 Å². The van der Waals surface area contributed by atoms with Crippen molar-refractivity contribution in [1.82, 2.24) is 0 Å². The molecule has 0 radical (unpaired) electrons. The number of nitrogens with zero attached hydrogens (tertiary/aromatic N) is 2. The van der Waals surface area contributed by atoms with Crippen LogP contribution in [0, 0.1) is 17.8 Å². The molecule has 3 aliphatic rings. The summed E-state index contributed by atoms with van der Waals surface area (Å²) >= 11 is 0. The summed E-state index contributed by atoms with van der Waals surface area (Å²) in [6, 6.07) is 59.9. The second-order valence-electron chi connectivity index (χ2n) is 14.8. The number of fused-ring (bicyclic) bond motifs is 4. The molecule has 2 heteroatoms. The van der Waals surface area contributed by atoms with Crippen LogP contribution in [0.3, 0.4) is 0 Å². The zero-order valence-electron chi connectivity index (χ0n) is 31.0. The minimum Gasteiger partial charge on any atom is -0.316 e. The van der Waals surface area contributed by atoms with E-state index >= 15 is 0 Å². The zero-order chi connectivity index (χ0) is 36.7. The van der Waals surface area contributed by atoms with Crippen molar-refractivity contribution in [2.24, 2.45) is 17.8 Å². The molecule has 0 N–H and O–H groups in total. The van der Waals surface area contributed by atoms with Crippen molar-refractivity contribution >= 4 is 55.6 Å². The molecule has 264 valence electrons. The van der Waals surface area contributed by atoms with E-state index in [1.807, 2.05) is 0 Å². The fourth-order valence-corrected chi connectivity index (χ4v) is 9.25. The van der Waals surface area contributed by atoms with Gasteiger partial charge in [-0.1, -0.05) is 171 Å². The third kappa shape index (κ3) is 5.56. The van der Waals surface area contributed by atoms with Gasteiger partial charge in [0.05, 0.1) is 5.69 Å². The first-order chi connectivity index (χ1) is 27.3. The second kappa shape index (κ2) is 14.0. The van der Waals surface area contributed by atoms with Crippen LogP contribution in [0.25, 0.3) is 32.8 Å². The Bertz CT molecular complexity index is 2710. The molecule has 7 aromatic rings. The van der Waals surface area contributed by atoms with Gasteiger partial charge >= 0.3 is 0 Å². The summed E-state index contributed by atoms with van der Waals surface area (Å²) in [5.41, 5.74) is 10.0. The van der Waals surface area contributed by atoms with E-state index in [4.69, 9.17) is 0 Å². The molecular weight excluding hydrogens is 665 g/mol. The molecule has 0 spiro atoms.